The Morgan fingerprint density at radius 3 is 1.82 bits per heavy atom. The molecule has 0 radical (unpaired) electrons. The zero-order valence-corrected chi connectivity index (χ0v) is 16.2. The molecule has 0 spiro atoms. The van der Waals surface area contributed by atoms with Crippen LogP contribution in [0.5, 0.6) is 0 Å². The van der Waals surface area contributed by atoms with Crippen LogP contribution in [0.25, 0.3) is 0 Å². The summed E-state index contributed by atoms with van der Waals surface area (Å²) in [4.78, 5) is 36.4. The minimum atomic E-state index is -0.468. The fraction of sp³-hybridized carbons (Fsp3) is 0. The minimum Gasteiger partial charge on any atom is -0.322 e. The van der Waals surface area contributed by atoms with E-state index in [-0.39, 0.29) is 5.91 Å². The number of hydrazine groups is 1. The summed E-state index contributed by atoms with van der Waals surface area (Å²) in [6.07, 6.45) is 0. The fourth-order valence-corrected chi connectivity index (χ4v) is 2.78. The molecule has 0 unspecified atom stereocenters. The van der Waals surface area contributed by atoms with Crippen LogP contribution in [0.2, 0.25) is 0 Å². The first kappa shape index (κ1) is 19.3. The van der Waals surface area contributed by atoms with Gasteiger partial charge in [0, 0.05) is 26.9 Å². The zero-order chi connectivity index (χ0) is 19.9. The molecule has 0 heterocycles. The lowest BCUT2D eigenvalue weighted by Gasteiger charge is -2.09. The number of anilines is 1. The van der Waals surface area contributed by atoms with Crippen LogP contribution in [-0.4, -0.2) is 17.7 Å². The molecule has 3 amide bonds. The van der Waals surface area contributed by atoms with Crippen LogP contribution in [0.3, 0.4) is 0 Å². The molecule has 0 saturated heterocycles. The van der Waals surface area contributed by atoms with Crippen molar-refractivity contribution in [3.63, 3.8) is 0 Å². The first-order chi connectivity index (χ1) is 13.5. The Morgan fingerprint density at radius 1 is 0.607 bits per heavy atom. The number of rotatable bonds is 4. The second kappa shape index (κ2) is 8.96. The van der Waals surface area contributed by atoms with Crippen molar-refractivity contribution in [2.24, 2.45) is 0 Å². The Balaban J connectivity index is 1.56. The molecular formula is C21H16BrN3O3. The van der Waals surface area contributed by atoms with Gasteiger partial charge in [0.25, 0.3) is 17.7 Å². The Bertz CT molecular complexity index is 1000. The van der Waals surface area contributed by atoms with Gasteiger partial charge in [-0.25, -0.2) is 0 Å². The first-order valence-corrected chi connectivity index (χ1v) is 9.15. The summed E-state index contributed by atoms with van der Waals surface area (Å²) in [6.45, 7) is 0. The second-order valence-electron chi connectivity index (χ2n) is 5.82. The molecule has 0 aliphatic heterocycles. The van der Waals surface area contributed by atoms with E-state index < -0.39 is 11.8 Å². The average Bonchev–Trinajstić information content (AvgIpc) is 2.73. The maximum Gasteiger partial charge on any atom is 0.269 e. The molecule has 0 bridgehead atoms. The first-order valence-electron chi connectivity index (χ1n) is 8.35. The molecule has 140 valence electrons. The number of benzene rings is 3. The van der Waals surface area contributed by atoms with Crippen LogP contribution in [0.15, 0.2) is 83.3 Å². The van der Waals surface area contributed by atoms with Gasteiger partial charge in [-0.2, -0.15) is 0 Å². The Hall–Kier alpha value is -3.45. The van der Waals surface area contributed by atoms with Crippen molar-refractivity contribution in [3.8, 4) is 0 Å². The Morgan fingerprint density at radius 2 is 1.18 bits per heavy atom. The number of halogens is 1. The number of hydrogen-bond donors (Lipinski definition) is 3. The number of amides is 3. The van der Waals surface area contributed by atoms with Gasteiger partial charge in [-0.3, -0.25) is 25.2 Å². The zero-order valence-electron chi connectivity index (χ0n) is 14.6. The van der Waals surface area contributed by atoms with Gasteiger partial charge < -0.3 is 5.32 Å². The summed E-state index contributed by atoms with van der Waals surface area (Å²) in [5, 5.41) is 2.76. The van der Waals surface area contributed by atoms with E-state index in [0.717, 1.165) is 4.47 Å². The van der Waals surface area contributed by atoms with Crippen molar-refractivity contribution in [3.05, 3.63) is 100 Å². The predicted octanol–water partition coefficient (Wildman–Crippen LogP) is 3.78. The number of carbonyl (C=O) groups is 3. The molecular weight excluding hydrogens is 422 g/mol. The molecule has 0 atom stereocenters. The highest BCUT2D eigenvalue weighted by atomic mass is 79.9. The van der Waals surface area contributed by atoms with E-state index >= 15 is 0 Å². The molecule has 6 nitrogen and oxygen atoms in total. The summed E-state index contributed by atoms with van der Waals surface area (Å²) in [5.74, 6) is -1.13. The van der Waals surface area contributed by atoms with Crippen molar-refractivity contribution < 1.29 is 14.4 Å². The molecule has 28 heavy (non-hydrogen) atoms. The lowest BCUT2D eigenvalue weighted by molar-refractivity contribution is 0.0846. The third-order valence-corrected chi connectivity index (χ3v) is 4.31. The molecule has 0 aromatic heterocycles. The standard InChI is InChI=1S/C21H16BrN3O3/c22-17-8-4-7-16(13-17)21(28)25-24-20(27)15-9-11-18(12-10-15)23-19(26)14-5-2-1-3-6-14/h1-13H,(H,23,26)(H,24,27)(H,25,28). The topological polar surface area (TPSA) is 87.3 Å². The fourth-order valence-electron chi connectivity index (χ4n) is 2.39. The van der Waals surface area contributed by atoms with Gasteiger partial charge in [0.1, 0.15) is 0 Å². The molecule has 7 heteroatoms. The van der Waals surface area contributed by atoms with Crippen LogP contribution in [0.1, 0.15) is 31.1 Å². The third-order valence-electron chi connectivity index (χ3n) is 3.82. The van der Waals surface area contributed by atoms with Gasteiger partial charge in [-0.1, -0.05) is 40.2 Å². The Kier molecular flexibility index (Phi) is 6.18. The van der Waals surface area contributed by atoms with Gasteiger partial charge in [0.2, 0.25) is 0 Å². The van der Waals surface area contributed by atoms with Crippen molar-refractivity contribution >= 4 is 39.3 Å². The summed E-state index contributed by atoms with van der Waals surface area (Å²) >= 11 is 3.29. The highest BCUT2D eigenvalue weighted by Gasteiger charge is 2.10. The lowest BCUT2D eigenvalue weighted by Crippen LogP contribution is -2.41. The van der Waals surface area contributed by atoms with Crippen molar-refractivity contribution in [1.29, 1.82) is 0 Å². The number of carbonyl (C=O) groups excluding carboxylic acids is 3. The summed E-state index contributed by atoms with van der Waals surface area (Å²) in [6, 6.07) is 22.0. The molecule has 0 saturated carbocycles. The van der Waals surface area contributed by atoms with Gasteiger partial charge in [0.15, 0.2) is 0 Å². The van der Waals surface area contributed by atoms with E-state index in [0.29, 0.717) is 22.4 Å². The van der Waals surface area contributed by atoms with E-state index in [9.17, 15) is 14.4 Å². The highest BCUT2D eigenvalue weighted by molar-refractivity contribution is 9.10. The van der Waals surface area contributed by atoms with Crippen LogP contribution in [0.4, 0.5) is 5.69 Å². The maximum atomic E-state index is 12.2. The van der Waals surface area contributed by atoms with Crippen LogP contribution in [0, 0.1) is 0 Å². The molecule has 0 fully saturated rings. The molecule has 3 N–H and O–H groups in total. The molecule has 0 aliphatic rings. The van der Waals surface area contributed by atoms with E-state index in [1.165, 1.54) is 0 Å². The van der Waals surface area contributed by atoms with Gasteiger partial charge >= 0.3 is 0 Å². The summed E-state index contributed by atoms with van der Waals surface area (Å²) in [5.41, 5.74) is 6.58. The summed E-state index contributed by atoms with van der Waals surface area (Å²) in [7, 11) is 0. The van der Waals surface area contributed by atoms with Crippen LogP contribution >= 0.6 is 15.9 Å². The maximum absolute atomic E-state index is 12.2. The Labute approximate surface area is 170 Å². The van der Waals surface area contributed by atoms with Gasteiger partial charge in [-0.15, -0.1) is 0 Å². The van der Waals surface area contributed by atoms with Crippen LogP contribution < -0.4 is 16.2 Å². The van der Waals surface area contributed by atoms with E-state index in [1.54, 1.807) is 72.8 Å². The van der Waals surface area contributed by atoms with E-state index in [2.05, 4.69) is 32.1 Å². The van der Waals surface area contributed by atoms with Crippen molar-refractivity contribution in [1.82, 2.24) is 10.9 Å². The van der Waals surface area contributed by atoms with Gasteiger partial charge in [-0.05, 0) is 54.6 Å². The molecule has 3 aromatic carbocycles. The monoisotopic (exact) mass is 437 g/mol. The average molecular weight is 438 g/mol. The predicted molar refractivity (Wildman–Crippen MR) is 110 cm³/mol. The van der Waals surface area contributed by atoms with E-state index in [1.807, 2.05) is 6.07 Å². The third kappa shape index (κ3) is 5.05. The largest absolute Gasteiger partial charge is 0.322 e. The van der Waals surface area contributed by atoms with Crippen LogP contribution in [-0.2, 0) is 0 Å². The van der Waals surface area contributed by atoms with Gasteiger partial charge in [0.05, 0.1) is 0 Å². The smallest absolute Gasteiger partial charge is 0.269 e. The normalized spacial score (nSPS) is 10.0. The minimum absolute atomic E-state index is 0.237. The van der Waals surface area contributed by atoms with Crippen molar-refractivity contribution in [2.45, 2.75) is 0 Å². The quantitative estimate of drug-likeness (QED) is 0.542. The summed E-state index contributed by atoms with van der Waals surface area (Å²) < 4.78 is 0.764. The van der Waals surface area contributed by atoms with E-state index in [4.69, 9.17) is 0 Å². The number of hydrogen-bond acceptors (Lipinski definition) is 3. The molecule has 3 aromatic rings. The lowest BCUT2D eigenvalue weighted by atomic mass is 10.1. The SMILES string of the molecule is O=C(NNC(=O)c1cccc(Br)c1)c1ccc(NC(=O)c2ccccc2)cc1. The molecule has 3 rings (SSSR count). The number of nitrogens with one attached hydrogen (secondary N) is 3. The second-order valence-corrected chi connectivity index (χ2v) is 6.73. The van der Waals surface area contributed by atoms with Crippen molar-refractivity contribution in [2.75, 3.05) is 5.32 Å². The highest BCUT2D eigenvalue weighted by Crippen LogP contribution is 2.12. The molecule has 0 aliphatic carbocycles.